The Morgan fingerprint density at radius 1 is 0.935 bits per heavy atom. The summed E-state index contributed by atoms with van der Waals surface area (Å²) < 4.78 is 51.7. The minimum absolute atomic E-state index is 0.139. The lowest BCUT2D eigenvalue weighted by Gasteiger charge is -2.23. The van der Waals surface area contributed by atoms with Gasteiger partial charge in [-0.2, -0.15) is 4.31 Å². The van der Waals surface area contributed by atoms with Crippen molar-refractivity contribution in [2.45, 2.75) is 30.2 Å². The van der Waals surface area contributed by atoms with Gasteiger partial charge in [-0.1, -0.05) is 43.6 Å². The number of benzene rings is 2. The van der Waals surface area contributed by atoms with Crippen LogP contribution in [0.25, 0.3) is 10.4 Å². The number of sulfonamides is 1. The maximum atomic E-state index is 13.3. The molecule has 31 heavy (non-hydrogen) atoms. The van der Waals surface area contributed by atoms with Crippen molar-refractivity contribution < 1.29 is 16.8 Å². The number of hydrogen-bond donors (Lipinski definition) is 0. The first kappa shape index (κ1) is 23.9. The summed E-state index contributed by atoms with van der Waals surface area (Å²) in [5.41, 5.74) is 0.785. The SMILES string of the molecule is CC(C)CN(Cc1ccc(-c2cccc(S(C)(=O)=O)c2)s1)S(=O)(=O)c1cccc(Cl)c1. The lowest BCUT2D eigenvalue weighted by molar-refractivity contribution is 0.364. The summed E-state index contributed by atoms with van der Waals surface area (Å²) in [4.78, 5) is 2.17. The average Bonchev–Trinajstić information content (AvgIpc) is 3.15. The number of hydrogen-bond acceptors (Lipinski definition) is 5. The molecular weight excluding hydrogens is 474 g/mol. The molecule has 0 unspecified atom stereocenters. The van der Waals surface area contributed by atoms with Crippen molar-refractivity contribution in [2.75, 3.05) is 12.8 Å². The Hall–Kier alpha value is -1.71. The second-order valence-electron chi connectivity index (χ2n) is 7.71. The van der Waals surface area contributed by atoms with E-state index in [1.54, 1.807) is 36.4 Å². The van der Waals surface area contributed by atoms with Crippen molar-refractivity contribution in [3.05, 3.63) is 70.6 Å². The highest BCUT2D eigenvalue weighted by molar-refractivity contribution is 7.90. The molecule has 0 atom stereocenters. The molecule has 0 N–H and O–H groups in total. The van der Waals surface area contributed by atoms with Crippen LogP contribution in [0.1, 0.15) is 18.7 Å². The van der Waals surface area contributed by atoms with Crippen LogP contribution in [0.3, 0.4) is 0 Å². The van der Waals surface area contributed by atoms with Gasteiger partial charge in [-0.3, -0.25) is 0 Å². The first-order chi connectivity index (χ1) is 14.5. The number of thiophene rings is 1. The average molecular weight is 498 g/mol. The number of nitrogens with zero attached hydrogens (tertiary/aromatic N) is 1. The van der Waals surface area contributed by atoms with Crippen LogP contribution in [0.15, 0.2) is 70.5 Å². The zero-order chi connectivity index (χ0) is 22.8. The fraction of sp³-hybridized carbons (Fsp3) is 0.273. The maximum absolute atomic E-state index is 13.3. The third kappa shape index (κ3) is 5.96. The van der Waals surface area contributed by atoms with Gasteiger partial charge < -0.3 is 0 Å². The van der Waals surface area contributed by atoms with Gasteiger partial charge in [0.05, 0.1) is 9.79 Å². The van der Waals surface area contributed by atoms with E-state index in [1.165, 1.54) is 28.0 Å². The second kappa shape index (κ2) is 9.42. The molecule has 0 aliphatic carbocycles. The fourth-order valence-electron chi connectivity index (χ4n) is 3.10. The van der Waals surface area contributed by atoms with E-state index in [4.69, 9.17) is 11.6 Å². The molecule has 0 saturated carbocycles. The van der Waals surface area contributed by atoms with Crippen LogP contribution in [-0.2, 0) is 26.4 Å². The highest BCUT2D eigenvalue weighted by Gasteiger charge is 2.26. The lowest BCUT2D eigenvalue weighted by Crippen LogP contribution is -2.33. The van der Waals surface area contributed by atoms with Crippen LogP contribution in [0.2, 0.25) is 5.02 Å². The van der Waals surface area contributed by atoms with Crippen LogP contribution in [0.4, 0.5) is 0 Å². The van der Waals surface area contributed by atoms with Gasteiger partial charge in [0.25, 0.3) is 0 Å². The normalized spacial score (nSPS) is 12.6. The molecule has 5 nitrogen and oxygen atoms in total. The highest BCUT2D eigenvalue weighted by Crippen LogP contribution is 2.31. The van der Waals surface area contributed by atoms with Crippen molar-refractivity contribution in [2.24, 2.45) is 5.92 Å². The van der Waals surface area contributed by atoms with Crippen molar-refractivity contribution in [3.8, 4) is 10.4 Å². The summed E-state index contributed by atoms with van der Waals surface area (Å²) in [7, 11) is -7.03. The Balaban J connectivity index is 1.91. The topological polar surface area (TPSA) is 71.5 Å². The third-order valence-corrected chi connectivity index (χ3v) is 8.82. The van der Waals surface area contributed by atoms with Gasteiger partial charge >= 0.3 is 0 Å². The summed E-state index contributed by atoms with van der Waals surface area (Å²) in [6.07, 6.45) is 1.18. The molecule has 3 aromatic rings. The van der Waals surface area contributed by atoms with Crippen molar-refractivity contribution in [1.82, 2.24) is 4.31 Å². The first-order valence-corrected chi connectivity index (χ1v) is 14.1. The molecular formula is C22H24ClNO4S3. The van der Waals surface area contributed by atoms with E-state index in [1.807, 2.05) is 32.0 Å². The minimum Gasteiger partial charge on any atom is -0.224 e. The summed E-state index contributed by atoms with van der Waals surface area (Å²) in [6.45, 7) is 4.53. The van der Waals surface area contributed by atoms with Crippen molar-refractivity contribution in [1.29, 1.82) is 0 Å². The fourth-order valence-corrected chi connectivity index (χ4v) is 6.75. The van der Waals surface area contributed by atoms with E-state index in [9.17, 15) is 16.8 Å². The monoisotopic (exact) mass is 497 g/mol. The highest BCUT2D eigenvalue weighted by atomic mass is 35.5. The molecule has 0 saturated heterocycles. The Morgan fingerprint density at radius 2 is 1.61 bits per heavy atom. The Labute approximate surface area is 193 Å². The van der Waals surface area contributed by atoms with Crippen LogP contribution in [0.5, 0.6) is 0 Å². The van der Waals surface area contributed by atoms with Gasteiger partial charge in [-0.15, -0.1) is 11.3 Å². The molecule has 9 heteroatoms. The Morgan fingerprint density at radius 3 is 2.26 bits per heavy atom. The van der Waals surface area contributed by atoms with E-state index < -0.39 is 19.9 Å². The van der Waals surface area contributed by atoms with Gasteiger partial charge in [0, 0.05) is 34.1 Å². The number of sulfone groups is 1. The molecule has 0 spiro atoms. The summed E-state index contributed by atoms with van der Waals surface area (Å²) in [5, 5.41) is 0.370. The van der Waals surface area contributed by atoms with E-state index in [-0.39, 0.29) is 22.3 Å². The molecule has 0 fully saturated rings. The molecule has 0 amide bonds. The standard InChI is InChI=1S/C22H24ClNO4S3/c1-16(2)14-24(31(27,28)21-9-5-7-18(23)13-21)15-19-10-11-22(29-19)17-6-4-8-20(12-17)30(3,25)26/h4-13,16H,14-15H2,1-3H3. The molecule has 166 valence electrons. The van der Waals surface area contributed by atoms with E-state index >= 15 is 0 Å². The van der Waals surface area contributed by atoms with Gasteiger partial charge in [0.2, 0.25) is 10.0 Å². The molecule has 0 aliphatic rings. The number of rotatable bonds is 8. The van der Waals surface area contributed by atoms with Gasteiger partial charge in [0.1, 0.15) is 0 Å². The molecule has 0 radical (unpaired) electrons. The smallest absolute Gasteiger partial charge is 0.224 e. The maximum Gasteiger partial charge on any atom is 0.243 e. The molecule has 3 rings (SSSR count). The van der Waals surface area contributed by atoms with Crippen LogP contribution in [-0.4, -0.2) is 33.9 Å². The van der Waals surface area contributed by atoms with Crippen LogP contribution in [0, 0.1) is 5.92 Å². The number of halogens is 1. The van der Waals surface area contributed by atoms with Crippen LogP contribution >= 0.6 is 22.9 Å². The van der Waals surface area contributed by atoms with Crippen molar-refractivity contribution in [3.63, 3.8) is 0 Å². The molecule has 0 aliphatic heterocycles. The predicted molar refractivity (Wildman–Crippen MR) is 127 cm³/mol. The quantitative estimate of drug-likeness (QED) is 0.422. The zero-order valence-electron chi connectivity index (χ0n) is 17.4. The lowest BCUT2D eigenvalue weighted by atomic mass is 10.2. The largest absolute Gasteiger partial charge is 0.243 e. The molecule has 2 aromatic carbocycles. The van der Waals surface area contributed by atoms with Gasteiger partial charge in [0.15, 0.2) is 9.84 Å². The van der Waals surface area contributed by atoms with E-state index in [0.717, 1.165) is 15.3 Å². The minimum atomic E-state index is -3.72. The van der Waals surface area contributed by atoms with Crippen molar-refractivity contribution >= 4 is 42.8 Å². The van der Waals surface area contributed by atoms with Crippen LogP contribution < -0.4 is 0 Å². The van der Waals surface area contributed by atoms with E-state index in [2.05, 4.69) is 0 Å². The second-order valence-corrected chi connectivity index (χ2v) is 13.3. The summed E-state index contributed by atoms with van der Waals surface area (Å²) in [5.74, 6) is 0.139. The zero-order valence-corrected chi connectivity index (χ0v) is 20.7. The Kier molecular flexibility index (Phi) is 7.28. The molecule has 1 heterocycles. The first-order valence-electron chi connectivity index (χ1n) is 9.62. The van der Waals surface area contributed by atoms with Gasteiger partial charge in [-0.05, 0) is 53.9 Å². The Bertz CT molecular complexity index is 1280. The summed E-state index contributed by atoms with van der Waals surface area (Å²) in [6, 6.07) is 16.8. The summed E-state index contributed by atoms with van der Waals surface area (Å²) >= 11 is 7.46. The molecule has 0 bridgehead atoms. The predicted octanol–water partition coefficient (Wildman–Crippen LogP) is 5.32. The third-order valence-electron chi connectivity index (χ3n) is 4.54. The molecule has 1 aromatic heterocycles. The van der Waals surface area contributed by atoms with E-state index in [0.29, 0.717) is 11.6 Å². The van der Waals surface area contributed by atoms with Gasteiger partial charge in [-0.25, -0.2) is 16.8 Å².